The van der Waals surface area contributed by atoms with E-state index in [0.29, 0.717) is 29.4 Å². The summed E-state index contributed by atoms with van der Waals surface area (Å²) in [6.07, 6.45) is 2.73. The number of rotatable bonds is 9. The van der Waals surface area contributed by atoms with E-state index in [2.05, 4.69) is 29.8 Å². The van der Waals surface area contributed by atoms with E-state index < -0.39 is 14.2 Å². The van der Waals surface area contributed by atoms with Gasteiger partial charge in [-0.3, -0.25) is 4.79 Å². The summed E-state index contributed by atoms with van der Waals surface area (Å²) in [7, 11) is 0.682. The molecule has 1 atom stereocenters. The van der Waals surface area contributed by atoms with Crippen molar-refractivity contribution in [1.82, 2.24) is 29.1 Å². The molecule has 4 heterocycles. The highest BCUT2D eigenvalue weighted by atomic mass is 32.1. The number of ether oxygens (including phenoxy) is 1. The Hall–Kier alpha value is -3.64. The van der Waals surface area contributed by atoms with Gasteiger partial charge in [0.15, 0.2) is 5.65 Å². The first-order valence-corrected chi connectivity index (χ1v) is 17.8. The predicted octanol–water partition coefficient (Wildman–Crippen LogP) is 5.14. The lowest BCUT2D eigenvalue weighted by Gasteiger charge is -2.15. The maximum Gasteiger partial charge on any atom is 0.291 e. The van der Waals surface area contributed by atoms with Crippen LogP contribution in [0.5, 0.6) is 0 Å². The molecule has 1 unspecified atom stereocenters. The molecule has 0 saturated heterocycles. The highest BCUT2D eigenvalue weighted by Gasteiger charge is 2.22. The summed E-state index contributed by atoms with van der Waals surface area (Å²) in [5.74, 6) is 0. The molecule has 40 heavy (non-hydrogen) atoms. The number of aromatic nitrogens is 6. The van der Waals surface area contributed by atoms with Gasteiger partial charge in [0.05, 0.1) is 29.2 Å². The van der Waals surface area contributed by atoms with Gasteiger partial charge in [0.1, 0.15) is 23.4 Å². The molecule has 0 aliphatic rings. The van der Waals surface area contributed by atoms with Crippen LogP contribution in [0, 0.1) is 0 Å². The molecule has 0 spiro atoms. The number of aliphatic hydroxyl groups excluding tert-OH is 1. The lowest BCUT2D eigenvalue weighted by molar-refractivity contribution is 0.0817. The van der Waals surface area contributed by atoms with E-state index in [1.165, 1.54) is 16.0 Å². The molecular weight excluding hydrogens is 541 g/mol. The zero-order valence-electron chi connectivity index (χ0n) is 23.0. The fourth-order valence-corrected chi connectivity index (χ4v) is 6.79. The highest BCUT2D eigenvalue weighted by Crippen LogP contribution is 2.35. The molecule has 1 N–H and O–H groups in total. The van der Waals surface area contributed by atoms with Crippen molar-refractivity contribution in [2.24, 2.45) is 7.05 Å². The number of aryl methyl sites for hydroxylation is 1. The number of thiazole rings is 1. The first-order chi connectivity index (χ1) is 19.2. The summed E-state index contributed by atoms with van der Waals surface area (Å²) in [5, 5.41) is 22.2. The molecule has 0 saturated carbocycles. The maximum absolute atomic E-state index is 13.6. The van der Waals surface area contributed by atoms with Gasteiger partial charge in [-0.2, -0.15) is 10.2 Å². The van der Waals surface area contributed by atoms with Crippen molar-refractivity contribution in [3.05, 3.63) is 87.4 Å². The number of benzene rings is 2. The smallest absolute Gasteiger partial charge is 0.291 e. The van der Waals surface area contributed by atoms with Gasteiger partial charge in [-0.25, -0.2) is 14.3 Å². The summed E-state index contributed by atoms with van der Waals surface area (Å²) >= 11 is 1.39. The summed E-state index contributed by atoms with van der Waals surface area (Å²) in [5.41, 5.74) is 3.73. The van der Waals surface area contributed by atoms with Gasteiger partial charge in [-0.15, -0.1) is 11.3 Å². The van der Waals surface area contributed by atoms with Crippen LogP contribution < -0.4 is 5.56 Å². The van der Waals surface area contributed by atoms with Crippen molar-refractivity contribution in [1.29, 1.82) is 0 Å². The second-order valence-corrected chi connectivity index (χ2v) is 17.9. The van der Waals surface area contributed by atoms with Crippen LogP contribution in [0.3, 0.4) is 0 Å². The number of hydrogen-bond donors (Lipinski definition) is 1. The molecule has 6 aromatic rings. The minimum absolute atomic E-state index is 0.186. The van der Waals surface area contributed by atoms with Gasteiger partial charge in [0.25, 0.3) is 5.56 Å². The van der Waals surface area contributed by atoms with Crippen LogP contribution in [0.2, 0.25) is 25.7 Å². The molecule has 6 rings (SSSR count). The lowest BCUT2D eigenvalue weighted by atomic mass is 10.1. The Morgan fingerprint density at radius 3 is 2.52 bits per heavy atom. The van der Waals surface area contributed by atoms with Crippen LogP contribution in [-0.2, 0) is 25.1 Å². The van der Waals surface area contributed by atoms with Crippen molar-refractivity contribution in [3.8, 4) is 0 Å². The van der Waals surface area contributed by atoms with E-state index in [1.54, 1.807) is 10.8 Å². The van der Waals surface area contributed by atoms with Crippen molar-refractivity contribution < 1.29 is 9.84 Å². The third-order valence-corrected chi connectivity index (χ3v) is 10.0. The monoisotopic (exact) mass is 572 g/mol. The third-order valence-electron chi connectivity index (χ3n) is 7.20. The average molecular weight is 573 g/mol. The minimum atomic E-state index is -1.15. The molecule has 9 nitrogen and oxygen atoms in total. The van der Waals surface area contributed by atoms with Crippen molar-refractivity contribution in [2.75, 3.05) is 6.61 Å². The second-order valence-electron chi connectivity index (χ2n) is 11.3. The molecule has 2 aromatic carbocycles. The Bertz CT molecular complexity index is 1880. The van der Waals surface area contributed by atoms with Gasteiger partial charge in [-0.05, 0) is 23.2 Å². The van der Waals surface area contributed by atoms with Crippen molar-refractivity contribution in [2.45, 2.75) is 45.1 Å². The second kappa shape index (κ2) is 10.4. The Morgan fingerprint density at radius 1 is 1.00 bits per heavy atom. The van der Waals surface area contributed by atoms with E-state index in [9.17, 15) is 9.90 Å². The predicted molar refractivity (Wildman–Crippen MR) is 162 cm³/mol. The Kier molecular flexibility index (Phi) is 6.91. The topological polar surface area (TPSA) is 100.0 Å². The molecule has 0 radical (unpaired) electrons. The minimum Gasteiger partial charge on any atom is -0.381 e. The van der Waals surface area contributed by atoms with Gasteiger partial charge < -0.3 is 14.4 Å². The largest absolute Gasteiger partial charge is 0.381 e. The molecule has 0 amide bonds. The first-order valence-electron chi connectivity index (χ1n) is 13.3. The number of aliphatic hydroxyl groups is 1. The van der Waals surface area contributed by atoms with Crippen LogP contribution in [0.15, 0.2) is 65.7 Å². The molecule has 206 valence electrons. The summed E-state index contributed by atoms with van der Waals surface area (Å²) < 4.78 is 11.9. The fourth-order valence-electron chi connectivity index (χ4n) is 4.91. The molecule has 0 aliphatic heterocycles. The SMILES string of the molecule is Cn1c2nc(C(O)c3ccccc3)sc2c2cnn(Cc3cccc4c3cnn4COCC[Si](C)(C)C)c(=O)c21. The van der Waals surface area contributed by atoms with E-state index >= 15 is 0 Å². The van der Waals surface area contributed by atoms with Crippen LogP contribution in [0.25, 0.3) is 32.2 Å². The highest BCUT2D eigenvalue weighted by molar-refractivity contribution is 7.19. The van der Waals surface area contributed by atoms with E-state index in [0.717, 1.165) is 44.8 Å². The number of fused-ring (bicyclic) bond motifs is 4. The van der Waals surface area contributed by atoms with Crippen molar-refractivity contribution in [3.63, 3.8) is 0 Å². The summed E-state index contributed by atoms with van der Waals surface area (Å²) in [4.78, 5) is 18.3. The van der Waals surface area contributed by atoms with Gasteiger partial charge in [-0.1, -0.05) is 62.1 Å². The maximum atomic E-state index is 13.6. The Balaban J connectivity index is 1.29. The molecule has 0 aliphatic carbocycles. The van der Waals surface area contributed by atoms with Crippen molar-refractivity contribution >= 4 is 51.6 Å². The fraction of sp³-hybridized carbons (Fsp3) is 0.310. The molecular formula is C29H32N6O3SSi. The number of nitrogens with zero attached hydrogens (tertiary/aromatic N) is 6. The van der Waals surface area contributed by atoms with Crippen LogP contribution in [0.4, 0.5) is 0 Å². The lowest BCUT2D eigenvalue weighted by Crippen LogP contribution is -2.24. The Labute approximate surface area is 236 Å². The van der Waals surface area contributed by atoms with E-state index in [4.69, 9.17) is 9.72 Å². The van der Waals surface area contributed by atoms with Gasteiger partial charge in [0, 0.05) is 32.5 Å². The summed E-state index contributed by atoms with van der Waals surface area (Å²) in [6, 6.07) is 16.5. The normalized spacial score (nSPS) is 13.1. The van der Waals surface area contributed by atoms with Gasteiger partial charge >= 0.3 is 0 Å². The molecule has 0 fully saturated rings. The molecule has 4 aromatic heterocycles. The van der Waals surface area contributed by atoms with E-state index in [1.807, 2.05) is 66.5 Å². The van der Waals surface area contributed by atoms with Crippen LogP contribution in [0.1, 0.15) is 22.2 Å². The number of hydrogen-bond acceptors (Lipinski definition) is 7. The zero-order chi connectivity index (χ0) is 28.0. The zero-order valence-corrected chi connectivity index (χ0v) is 24.9. The van der Waals surface area contributed by atoms with Crippen LogP contribution in [-0.4, -0.2) is 48.9 Å². The standard InChI is InChI=1S/C29H32N6O3SSi/c1-33-24-22(26-27(33)32-28(39-26)25(36)19-9-6-5-7-10-19)16-30-34(29(24)37)17-20-11-8-12-23-21(20)15-31-35(23)18-38-13-14-40(2,3)4/h5-12,15-16,25,36H,13-14,17-18H2,1-4H3. The van der Waals surface area contributed by atoms with Crippen LogP contribution >= 0.6 is 11.3 Å². The average Bonchev–Trinajstić information content (AvgIpc) is 3.63. The molecule has 11 heteroatoms. The van der Waals surface area contributed by atoms with Gasteiger partial charge in [0.2, 0.25) is 0 Å². The first kappa shape index (κ1) is 26.6. The van der Waals surface area contributed by atoms with E-state index in [-0.39, 0.29) is 5.56 Å². The quantitative estimate of drug-likeness (QED) is 0.190. The Morgan fingerprint density at radius 2 is 1.75 bits per heavy atom. The molecule has 0 bridgehead atoms. The third kappa shape index (κ3) is 4.90. The summed E-state index contributed by atoms with van der Waals surface area (Å²) in [6.45, 7) is 8.45.